The SMILES string of the molecule is CNc1nccc(N2CCC(CC(=O)NCC3CC3)CC2)n1. The first kappa shape index (κ1) is 15.1. The predicted octanol–water partition coefficient (Wildman–Crippen LogP) is 1.65. The molecule has 0 aromatic carbocycles. The van der Waals surface area contributed by atoms with Gasteiger partial charge in [0.25, 0.3) is 0 Å². The van der Waals surface area contributed by atoms with Gasteiger partial charge in [-0.05, 0) is 43.6 Å². The maximum atomic E-state index is 11.9. The van der Waals surface area contributed by atoms with Gasteiger partial charge in [0.05, 0.1) is 0 Å². The zero-order valence-corrected chi connectivity index (χ0v) is 13.2. The van der Waals surface area contributed by atoms with Gasteiger partial charge in [0, 0.05) is 39.3 Å². The van der Waals surface area contributed by atoms with Gasteiger partial charge in [-0.1, -0.05) is 0 Å². The monoisotopic (exact) mass is 303 g/mol. The molecular weight excluding hydrogens is 278 g/mol. The van der Waals surface area contributed by atoms with Gasteiger partial charge in [0.2, 0.25) is 11.9 Å². The van der Waals surface area contributed by atoms with Gasteiger partial charge in [-0.2, -0.15) is 4.98 Å². The lowest BCUT2D eigenvalue weighted by molar-refractivity contribution is -0.122. The lowest BCUT2D eigenvalue weighted by Gasteiger charge is -2.32. The Morgan fingerprint density at radius 3 is 2.73 bits per heavy atom. The summed E-state index contributed by atoms with van der Waals surface area (Å²) in [5, 5.41) is 6.04. The van der Waals surface area contributed by atoms with Gasteiger partial charge in [0.15, 0.2) is 0 Å². The van der Waals surface area contributed by atoms with E-state index in [1.807, 2.05) is 13.1 Å². The van der Waals surface area contributed by atoms with Crippen LogP contribution in [0.1, 0.15) is 32.1 Å². The molecule has 2 aliphatic rings. The highest BCUT2D eigenvalue weighted by atomic mass is 16.1. The Hall–Kier alpha value is -1.85. The van der Waals surface area contributed by atoms with Crippen molar-refractivity contribution in [3.8, 4) is 0 Å². The van der Waals surface area contributed by atoms with Crippen molar-refractivity contribution in [2.24, 2.45) is 11.8 Å². The van der Waals surface area contributed by atoms with Crippen molar-refractivity contribution in [1.82, 2.24) is 15.3 Å². The lowest BCUT2D eigenvalue weighted by atomic mass is 9.93. The summed E-state index contributed by atoms with van der Waals surface area (Å²) in [4.78, 5) is 22.8. The molecule has 3 rings (SSSR count). The third-order valence-electron chi connectivity index (χ3n) is 4.56. The molecule has 1 aromatic heterocycles. The summed E-state index contributed by atoms with van der Waals surface area (Å²) in [7, 11) is 1.82. The second-order valence-corrected chi connectivity index (χ2v) is 6.37. The van der Waals surface area contributed by atoms with E-state index < -0.39 is 0 Å². The first-order valence-corrected chi connectivity index (χ1v) is 8.27. The zero-order chi connectivity index (χ0) is 15.4. The molecule has 1 saturated carbocycles. The minimum absolute atomic E-state index is 0.227. The van der Waals surface area contributed by atoms with Gasteiger partial charge in [-0.25, -0.2) is 4.98 Å². The summed E-state index contributed by atoms with van der Waals surface area (Å²) in [5.74, 6) is 3.10. The van der Waals surface area contributed by atoms with E-state index in [1.54, 1.807) is 6.20 Å². The summed E-state index contributed by atoms with van der Waals surface area (Å²) >= 11 is 0. The molecule has 6 nitrogen and oxygen atoms in total. The summed E-state index contributed by atoms with van der Waals surface area (Å²) in [5.41, 5.74) is 0. The van der Waals surface area contributed by atoms with Crippen LogP contribution >= 0.6 is 0 Å². The smallest absolute Gasteiger partial charge is 0.224 e. The number of anilines is 2. The number of nitrogens with zero attached hydrogens (tertiary/aromatic N) is 3. The molecule has 120 valence electrons. The number of piperidine rings is 1. The van der Waals surface area contributed by atoms with E-state index in [9.17, 15) is 4.79 Å². The molecule has 2 heterocycles. The normalized spacial score (nSPS) is 19.0. The number of rotatable bonds is 6. The molecule has 2 N–H and O–H groups in total. The van der Waals surface area contributed by atoms with Gasteiger partial charge >= 0.3 is 0 Å². The molecule has 1 amide bonds. The van der Waals surface area contributed by atoms with Crippen molar-refractivity contribution < 1.29 is 4.79 Å². The van der Waals surface area contributed by atoms with Crippen LogP contribution in [0, 0.1) is 11.8 Å². The second-order valence-electron chi connectivity index (χ2n) is 6.37. The highest BCUT2D eigenvalue weighted by Gasteiger charge is 2.24. The van der Waals surface area contributed by atoms with Crippen molar-refractivity contribution in [2.45, 2.75) is 32.1 Å². The van der Waals surface area contributed by atoms with Crippen molar-refractivity contribution in [2.75, 3.05) is 36.9 Å². The van der Waals surface area contributed by atoms with Crippen LogP contribution in [0.5, 0.6) is 0 Å². The fourth-order valence-electron chi connectivity index (χ4n) is 2.93. The summed E-state index contributed by atoms with van der Waals surface area (Å²) in [6.45, 7) is 2.80. The number of nitrogens with one attached hydrogen (secondary N) is 2. The first-order valence-electron chi connectivity index (χ1n) is 8.27. The van der Waals surface area contributed by atoms with E-state index in [1.165, 1.54) is 12.8 Å². The molecule has 1 aliphatic carbocycles. The number of carbonyl (C=O) groups is 1. The van der Waals surface area contributed by atoms with Crippen molar-refractivity contribution in [3.63, 3.8) is 0 Å². The molecule has 0 unspecified atom stereocenters. The Labute approximate surface area is 131 Å². The minimum atomic E-state index is 0.227. The number of aromatic nitrogens is 2. The highest BCUT2D eigenvalue weighted by molar-refractivity contribution is 5.76. The fourth-order valence-corrected chi connectivity index (χ4v) is 2.93. The van der Waals surface area contributed by atoms with E-state index >= 15 is 0 Å². The molecule has 1 saturated heterocycles. The molecule has 0 bridgehead atoms. The van der Waals surface area contributed by atoms with Crippen LogP contribution in [0.2, 0.25) is 0 Å². The fraction of sp³-hybridized carbons (Fsp3) is 0.688. The highest BCUT2D eigenvalue weighted by Crippen LogP contribution is 2.28. The Balaban J connectivity index is 1.44. The molecule has 0 radical (unpaired) electrons. The van der Waals surface area contributed by atoms with E-state index in [2.05, 4.69) is 25.5 Å². The third kappa shape index (κ3) is 4.08. The van der Waals surface area contributed by atoms with Crippen LogP contribution in [0.3, 0.4) is 0 Å². The Bertz CT molecular complexity index is 509. The van der Waals surface area contributed by atoms with E-state index in [4.69, 9.17) is 0 Å². The summed E-state index contributed by atoms with van der Waals surface area (Å²) in [6, 6.07) is 1.95. The molecule has 1 aromatic rings. The van der Waals surface area contributed by atoms with E-state index in [0.717, 1.165) is 44.2 Å². The number of amides is 1. The summed E-state index contributed by atoms with van der Waals surface area (Å²) in [6.07, 6.45) is 7.13. The van der Waals surface area contributed by atoms with Crippen molar-refractivity contribution >= 4 is 17.7 Å². The largest absolute Gasteiger partial charge is 0.357 e. The van der Waals surface area contributed by atoms with Crippen LogP contribution in [-0.2, 0) is 4.79 Å². The zero-order valence-electron chi connectivity index (χ0n) is 13.2. The van der Waals surface area contributed by atoms with E-state index in [0.29, 0.717) is 18.3 Å². The quantitative estimate of drug-likeness (QED) is 0.836. The average molecular weight is 303 g/mol. The van der Waals surface area contributed by atoms with E-state index in [-0.39, 0.29) is 5.91 Å². The van der Waals surface area contributed by atoms with Gasteiger partial charge in [-0.15, -0.1) is 0 Å². The van der Waals surface area contributed by atoms with Crippen LogP contribution in [-0.4, -0.2) is 42.6 Å². The number of hydrogen-bond acceptors (Lipinski definition) is 5. The van der Waals surface area contributed by atoms with Gasteiger partial charge < -0.3 is 15.5 Å². The second kappa shape index (κ2) is 6.94. The number of carbonyl (C=O) groups excluding carboxylic acids is 1. The van der Waals surface area contributed by atoms with Crippen LogP contribution in [0.15, 0.2) is 12.3 Å². The standard InChI is InChI=1S/C16H25N5O/c1-17-16-18-7-4-14(20-16)21-8-5-12(6-9-21)10-15(22)19-11-13-2-3-13/h4,7,12-13H,2-3,5-6,8-11H2,1H3,(H,19,22)(H,17,18,20). The molecule has 1 aliphatic heterocycles. The van der Waals surface area contributed by atoms with Gasteiger partial charge in [0.1, 0.15) is 5.82 Å². The molecule has 0 spiro atoms. The maximum absolute atomic E-state index is 11.9. The number of hydrogen-bond donors (Lipinski definition) is 2. The van der Waals surface area contributed by atoms with Crippen LogP contribution < -0.4 is 15.5 Å². The topological polar surface area (TPSA) is 70.2 Å². The Morgan fingerprint density at radius 2 is 2.05 bits per heavy atom. The maximum Gasteiger partial charge on any atom is 0.224 e. The lowest BCUT2D eigenvalue weighted by Crippen LogP contribution is -2.36. The van der Waals surface area contributed by atoms with Crippen molar-refractivity contribution in [1.29, 1.82) is 0 Å². The first-order chi connectivity index (χ1) is 10.7. The van der Waals surface area contributed by atoms with Crippen LogP contribution in [0.4, 0.5) is 11.8 Å². The summed E-state index contributed by atoms with van der Waals surface area (Å²) < 4.78 is 0. The molecular formula is C16H25N5O. The molecule has 0 atom stereocenters. The molecule has 6 heteroatoms. The van der Waals surface area contributed by atoms with Crippen molar-refractivity contribution in [3.05, 3.63) is 12.3 Å². The molecule has 22 heavy (non-hydrogen) atoms. The van der Waals surface area contributed by atoms with Crippen LogP contribution in [0.25, 0.3) is 0 Å². The van der Waals surface area contributed by atoms with Gasteiger partial charge in [-0.3, -0.25) is 4.79 Å². The Kier molecular flexibility index (Phi) is 4.75. The third-order valence-corrected chi connectivity index (χ3v) is 4.56. The minimum Gasteiger partial charge on any atom is -0.357 e. The predicted molar refractivity (Wildman–Crippen MR) is 86.9 cm³/mol. The Morgan fingerprint density at radius 1 is 1.27 bits per heavy atom. The average Bonchev–Trinajstić information content (AvgIpc) is 3.38. The molecule has 2 fully saturated rings.